The van der Waals surface area contributed by atoms with Crippen LogP contribution < -0.4 is 10.1 Å². The minimum Gasteiger partial charge on any atom is -0.407 e. The summed E-state index contributed by atoms with van der Waals surface area (Å²) in [6.45, 7) is 3.45. The Morgan fingerprint density at radius 1 is 1.03 bits per heavy atom. The average Bonchev–Trinajstić information content (AvgIpc) is 3.67. The topological polar surface area (TPSA) is 88.1 Å². The van der Waals surface area contributed by atoms with Gasteiger partial charge in [0.15, 0.2) is 5.75 Å². The third kappa shape index (κ3) is 5.28. The molecule has 2 N–H and O–H groups in total. The molecule has 0 saturated carbocycles. The number of carbonyl (C=O) groups is 1. The van der Waals surface area contributed by atoms with Crippen molar-refractivity contribution in [3.05, 3.63) is 96.3 Å². The predicted octanol–water partition coefficient (Wildman–Crippen LogP) is 5.82. The van der Waals surface area contributed by atoms with E-state index in [1.165, 1.54) is 19.0 Å². The van der Waals surface area contributed by atoms with E-state index in [0.29, 0.717) is 40.1 Å². The van der Waals surface area contributed by atoms with E-state index in [1.807, 2.05) is 42.5 Å². The van der Waals surface area contributed by atoms with Gasteiger partial charge in [0.25, 0.3) is 0 Å². The van der Waals surface area contributed by atoms with E-state index in [0.717, 1.165) is 30.8 Å². The largest absolute Gasteiger partial charge is 0.417 e. The number of hydrogen-bond donors (Lipinski definition) is 2. The van der Waals surface area contributed by atoms with E-state index in [4.69, 9.17) is 4.74 Å². The Balaban J connectivity index is 1.15. The first-order valence-electron chi connectivity index (χ1n) is 12.6. The third-order valence-electron chi connectivity index (χ3n) is 6.72. The molecule has 0 unspecified atom stereocenters. The lowest BCUT2D eigenvalue weighted by molar-refractivity contribution is 0.215. The molecule has 0 aliphatic carbocycles. The SMILES string of the molecule is O=C(Nc1c[nH]c2ncc(-c3ccc(CN4CCCC4)cc3F)cc12)Oc1cnn(Cc2ccccc2)c1. The average molecular weight is 511 g/mol. The van der Waals surface area contributed by atoms with Crippen molar-refractivity contribution in [1.29, 1.82) is 0 Å². The highest BCUT2D eigenvalue weighted by molar-refractivity contribution is 6.00. The lowest BCUT2D eigenvalue weighted by atomic mass is 10.0. The summed E-state index contributed by atoms with van der Waals surface area (Å²) in [5, 5.41) is 7.66. The Morgan fingerprint density at radius 3 is 2.68 bits per heavy atom. The van der Waals surface area contributed by atoms with Crippen molar-refractivity contribution in [2.24, 2.45) is 0 Å². The summed E-state index contributed by atoms with van der Waals surface area (Å²) in [7, 11) is 0. The molecule has 1 fully saturated rings. The van der Waals surface area contributed by atoms with Gasteiger partial charge in [-0.1, -0.05) is 42.5 Å². The van der Waals surface area contributed by atoms with Gasteiger partial charge in [0, 0.05) is 35.5 Å². The van der Waals surface area contributed by atoms with Gasteiger partial charge < -0.3 is 9.72 Å². The van der Waals surface area contributed by atoms with E-state index in [-0.39, 0.29) is 5.82 Å². The molecular formula is C29H27FN6O2. The number of nitrogens with one attached hydrogen (secondary N) is 2. The number of fused-ring (bicyclic) bond motifs is 1. The Hall–Kier alpha value is -4.50. The zero-order valence-corrected chi connectivity index (χ0v) is 20.7. The van der Waals surface area contributed by atoms with E-state index in [1.54, 1.807) is 35.4 Å². The van der Waals surface area contributed by atoms with Crippen LogP contribution >= 0.6 is 0 Å². The van der Waals surface area contributed by atoms with Gasteiger partial charge in [-0.2, -0.15) is 5.10 Å². The first kappa shape index (κ1) is 23.9. The van der Waals surface area contributed by atoms with Crippen molar-refractivity contribution in [3.8, 4) is 16.9 Å². The van der Waals surface area contributed by atoms with Crippen LogP contribution in [0.4, 0.5) is 14.9 Å². The number of carbonyl (C=O) groups excluding carboxylic acids is 1. The van der Waals surface area contributed by atoms with E-state index in [9.17, 15) is 4.79 Å². The lowest BCUT2D eigenvalue weighted by Gasteiger charge is -2.15. The summed E-state index contributed by atoms with van der Waals surface area (Å²) < 4.78 is 22.2. The number of pyridine rings is 1. The van der Waals surface area contributed by atoms with Crippen LogP contribution in [0, 0.1) is 5.82 Å². The van der Waals surface area contributed by atoms with Gasteiger partial charge in [-0.05, 0) is 49.2 Å². The van der Waals surface area contributed by atoms with Gasteiger partial charge in [-0.3, -0.25) is 14.9 Å². The third-order valence-corrected chi connectivity index (χ3v) is 6.72. The normalized spacial score (nSPS) is 13.7. The Labute approximate surface area is 219 Å². The molecule has 1 aliphatic rings. The number of ether oxygens (including phenoxy) is 1. The zero-order valence-electron chi connectivity index (χ0n) is 20.7. The van der Waals surface area contributed by atoms with Crippen LogP contribution in [-0.4, -0.2) is 43.8 Å². The molecule has 8 nitrogen and oxygen atoms in total. The van der Waals surface area contributed by atoms with Crippen LogP contribution in [0.1, 0.15) is 24.0 Å². The molecule has 1 aliphatic heterocycles. The van der Waals surface area contributed by atoms with Crippen LogP contribution in [0.25, 0.3) is 22.2 Å². The first-order valence-corrected chi connectivity index (χ1v) is 12.6. The van der Waals surface area contributed by atoms with Crippen molar-refractivity contribution >= 4 is 22.8 Å². The number of aromatic nitrogens is 4. The Morgan fingerprint density at radius 2 is 1.87 bits per heavy atom. The molecule has 1 saturated heterocycles. The molecule has 0 radical (unpaired) electrons. The maximum Gasteiger partial charge on any atom is 0.417 e. The fourth-order valence-corrected chi connectivity index (χ4v) is 4.84. The van der Waals surface area contributed by atoms with Crippen molar-refractivity contribution in [2.45, 2.75) is 25.9 Å². The lowest BCUT2D eigenvalue weighted by Crippen LogP contribution is -2.18. The minimum atomic E-state index is -0.659. The number of amides is 1. The van der Waals surface area contributed by atoms with Gasteiger partial charge in [0.1, 0.15) is 11.5 Å². The summed E-state index contributed by atoms with van der Waals surface area (Å²) in [4.78, 5) is 22.4. The highest BCUT2D eigenvalue weighted by atomic mass is 19.1. The Kier molecular flexibility index (Phi) is 6.58. The smallest absolute Gasteiger partial charge is 0.407 e. The van der Waals surface area contributed by atoms with Crippen molar-refractivity contribution in [2.75, 3.05) is 18.4 Å². The molecule has 0 bridgehead atoms. The predicted molar refractivity (Wildman–Crippen MR) is 143 cm³/mol. The molecule has 0 atom stereocenters. The van der Waals surface area contributed by atoms with Crippen molar-refractivity contribution in [1.82, 2.24) is 24.6 Å². The van der Waals surface area contributed by atoms with Crippen LogP contribution in [0.2, 0.25) is 0 Å². The van der Waals surface area contributed by atoms with Gasteiger partial charge in [-0.25, -0.2) is 14.2 Å². The second kappa shape index (κ2) is 10.5. The van der Waals surface area contributed by atoms with E-state index >= 15 is 4.39 Å². The number of rotatable bonds is 7. The minimum absolute atomic E-state index is 0.292. The standard InChI is InChI=1S/C29H27FN6O2/c30-26-12-21(17-35-10-4-5-11-35)8-9-24(26)22-13-25-27(16-32-28(25)31-14-22)34-29(37)38-23-15-33-36(19-23)18-20-6-2-1-3-7-20/h1-3,6-9,12-16,19H,4-5,10-11,17-18H2,(H,31,32)(H,34,37). The second-order valence-corrected chi connectivity index (χ2v) is 9.49. The van der Waals surface area contributed by atoms with Crippen molar-refractivity contribution < 1.29 is 13.9 Å². The molecule has 192 valence electrons. The van der Waals surface area contributed by atoms with Crippen LogP contribution in [0.3, 0.4) is 0 Å². The van der Waals surface area contributed by atoms with E-state index in [2.05, 4.69) is 25.3 Å². The van der Waals surface area contributed by atoms with Crippen LogP contribution in [0.5, 0.6) is 5.75 Å². The molecule has 0 spiro atoms. The van der Waals surface area contributed by atoms with Crippen LogP contribution in [-0.2, 0) is 13.1 Å². The number of hydrogen-bond acceptors (Lipinski definition) is 5. The number of nitrogens with zero attached hydrogens (tertiary/aromatic N) is 4. The summed E-state index contributed by atoms with van der Waals surface area (Å²) >= 11 is 0. The van der Waals surface area contributed by atoms with Gasteiger partial charge in [-0.15, -0.1) is 0 Å². The fourth-order valence-electron chi connectivity index (χ4n) is 4.84. The summed E-state index contributed by atoms with van der Waals surface area (Å²) in [5.74, 6) is 0.0352. The fraction of sp³-hybridized carbons (Fsp3) is 0.207. The number of likely N-dealkylation sites (tertiary alicyclic amines) is 1. The molecular weight excluding hydrogens is 483 g/mol. The first-order chi connectivity index (χ1) is 18.6. The number of halogens is 1. The van der Waals surface area contributed by atoms with Gasteiger partial charge in [0.2, 0.25) is 0 Å². The molecule has 4 heterocycles. The number of benzene rings is 2. The second-order valence-electron chi connectivity index (χ2n) is 9.49. The number of aromatic amines is 1. The highest BCUT2D eigenvalue weighted by Crippen LogP contribution is 2.30. The quantitative estimate of drug-likeness (QED) is 0.288. The Bertz CT molecular complexity index is 1570. The summed E-state index contributed by atoms with van der Waals surface area (Å²) in [6.07, 6.45) is 8.16. The maximum atomic E-state index is 15.1. The maximum absolute atomic E-state index is 15.1. The zero-order chi connectivity index (χ0) is 25.9. The molecule has 2 aromatic carbocycles. The van der Waals surface area contributed by atoms with E-state index < -0.39 is 6.09 Å². The molecule has 9 heteroatoms. The highest BCUT2D eigenvalue weighted by Gasteiger charge is 2.16. The van der Waals surface area contributed by atoms with Crippen molar-refractivity contribution in [3.63, 3.8) is 0 Å². The number of anilines is 1. The molecule has 3 aromatic heterocycles. The molecule has 1 amide bonds. The van der Waals surface area contributed by atoms with Gasteiger partial charge in [0.05, 0.1) is 24.6 Å². The monoisotopic (exact) mass is 510 g/mol. The molecule has 5 aromatic rings. The number of H-pyrrole nitrogens is 1. The summed E-state index contributed by atoms with van der Waals surface area (Å²) in [6, 6.07) is 17.1. The summed E-state index contributed by atoms with van der Waals surface area (Å²) in [5.41, 5.74) is 4.20. The molecule has 6 rings (SSSR count). The van der Waals surface area contributed by atoms with Gasteiger partial charge >= 0.3 is 6.09 Å². The van der Waals surface area contributed by atoms with Crippen LogP contribution in [0.15, 0.2) is 79.4 Å². The molecule has 38 heavy (non-hydrogen) atoms.